The smallest absolute Gasteiger partial charge is 0.315 e. The number of nitrogens with zero attached hydrogens (tertiary/aromatic N) is 2. The normalized spacial score (nSPS) is 14.8. The Bertz CT molecular complexity index is 1610. The van der Waals surface area contributed by atoms with E-state index < -0.39 is 30.1 Å². The Hall–Kier alpha value is -4.21. The fraction of sp³-hybridized carbons (Fsp3) is 0.207. The first-order valence-electron chi connectivity index (χ1n) is 12.6. The van der Waals surface area contributed by atoms with Crippen LogP contribution in [0.2, 0.25) is 10.0 Å². The fourth-order valence-corrected chi connectivity index (χ4v) is 5.39. The van der Waals surface area contributed by atoms with Crippen LogP contribution < -0.4 is 16.0 Å². The standard InChI is InChI=1S/C29H25Cl2N5O4/c30-20-10-12-23(35-28-32-14-17-6-2-4-8-21(17)34-28)26(31)25(20)24(37)13-18(27(38)39)15-33-29(40)36-22-11-9-16-5-1-3-7-19(16)22/h1-8,10,12,14,18,22H,9,11,13,15H2,(H,38,39)(H,32,34,35)(H2,33,36,40). The third-order valence-corrected chi connectivity index (χ3v) is 7.54. The van der Waals surface area contributed by atoms with Crippen LogP contribution in [0.4, 0.5) is 16.4 Å². The summed E-state index contributed by atoms with van der Waals surface area (Å²) in [4.78, 5) is 46.4. The molecule has 0 saturated heterocycles. The molecule has 4 aromatic rings. The lowest BCUT2D eigenvalue weighted by molar-refractivity contribution is -0.141. The van der Waals surface area contributed by atoms with Crippen molar-refractivity contribution in [2.24, 2.45) is 5.92 Å². The summed E-state index contributed by atoms with van der Waals surface area (Å²) in [6, 6.07) is 17.8. The minimum Gasteiger partial charge on any atom is -0.481 e. The molecule has 1 aromatic heterocycles. The van der Waals surface area contributed by atoms with E-state index in [1.54, 1.807) is 12.3 Å². The highest BCUT2D eigenvalue weighted by Gasteiger charge is 2.28. The van der Waals surface area contributed by atoms with Crippen molar-refractivity contribution in [2.75, 3.05) is 11.9 Å². The Kier molecular flexibility index (Phi) is 8.14. The molecule has 3 aromatic carbocycles. The van der Waals surface area contributed by atoms with E-state index in [0.29, 0.717) is 5.69 Å². The van der Waals surface area contributed by atoms with Gasteiger partial charge in [0.25, 0.3) is 0 Å². The summed E-state index contributed by atoms with van der Waals surface area (Å²) >= 11 is 12.9. The highest BCUT2D eigenvalue weighted by atomic mass is 35.5. The lowest BCUT2D eigenvalue weighted by Crippen LogP contribution is -2.41. The number of ketones is 1. The largest absolute Gasteiger partial charge is 0.481 e. The summed E-state index contributed by atoms with van der Waals surface area (Å²) in [5, 5.41) is 19.2. The van der Waals surface area contributed by atoms with E-state index in [1.165, 1.54) is 11.6 Å². The zero-order chi connectivity index (χ0) is 28.2. The monoisotopic (exact) mass is 577 g/mol. The predicted molar refractivity (Wildman–Crippen MR) is 153 cm³/mol. The van der Waals surface area contributed by atoms with Crippen LogP contribution in [0.25, 0.3) is 10.9 Å². The molecule has 2 atom stereocenters. The second kappa shape index (κ2) is 11.9. The number of rotatable bonds is 9. The van der Waals surface area contributed by atoms with E-state index in [9.17, 15) is 19.5 Å². The molecule has 0 spiro atoms. The number of fused-ring (bicyclic) bond motifs is 2. The number of aromatic nitrogens is 2. The fourth-order valence-electron chi connectivity index (χ4n) is 4.76. The van der Waals surface area contributed by atoms with Gasteiger partial charge in [-0.25, -0.2) is 14.8 Å². The third-order valence-electron chi connectivity index (χ3n) is 6.83. The maximum atomic E-state index is 13.2. The van der Waals surface area contributed by atoms with Crippen molar-refractivity contribution in [3.05, 3.63) is 93.6 Å². The molecule has 0 bridgehead atoms. The van der Waals surface area contributed by atoms with Gasteiger partial charge in [-0.3, -0.25) is 9.59 Å². The quantitative estimate of drug-likeness (QED) is 0.181. The van der Waals surface area contributed by atoms with E-state index in [4.69, 9.17) is 23.2 Å². The molecule has 9 nitrogen and oxygen atoms in total. The molecule has 0 fully saturated rings. The molecule has 1 aliphatic carbocycles. The minimum absolute atomic E-state index is 0.0176. The van der Waals surface area contributed by atoms with E-state index >= 15 is 0 Å². The average molecular weight is 578 g/mol. The topological polar surface area (TPSA) is 133 Å². The van der Waals surface area contributed by atoms with Crippen molar-refractivity contribution in [3.63, 3.8) is 0 Å². The summed E-state index contributed by atoms with van der Waals surface area (Å²) in [5.74, 6) is -2.73. The van der Waals surface area contributed by atoms with Crippen molar-refractivity contribution in [3.8, 4) is 0 Å². The van der Waals surface area contributed by atoms with Crippen LogP contribution in [0.3, 0.4) is 0 Å². The van der Waals surface area contributed by atoms with Crippen molar-refractivity contribution in [1.82, 2.24) is 20.6 Å². The summed E-state index contributed by atoms with van der Waals surface area (Å²) in [7, 11) is 0. The summed E-state index contributed by atoms with van der Waals surface area (Å²) in [6.45, 7) is -0.251. The molecular formula is C29H25Cl2N5O4. The first-order chi connectivity index (χ1) is 19.3. The number of carbonyl (C=O) groups is 3. The number of carboxylic acids is 1. The number of hydrogen-bond donors (Lipinski definition) is 4. The number of amides is 2. The van der Waals surface area contributed by atoms with Crippen LogP contribution in [-0.4, -0.2) is 39.4 Å². The van der Waals surface area contributed by atoms with Crippen molar-refractivity contribution in [1.29, 1.82) is 0 Å². The number of hydrogen-bond acceptors (Lipinski definition) is 6. The highest BCUT2D eigenvalue weighted by Crippen LogP contribution is 2.35. The number of nitrogens with one attached hydrogen (secondary N) is 3. The SMILES string of the molecule is O=C(NCC(CC(=O)c1c(Cl)ccc(Nc2ncc3ccccc3n2)c1Cl)C(=O)O)NC1CCc2ccccc21. The Morgan fingerprint density at radius 1 is 1.02 bits per heavy atom. The third kappa shape index (κ3) is 6.00. The number of aryl methyl sites for hydroxylation is 1. The van der Waals surface area contributed by atoms with Crippen molar-refractivity contribution >= 4 is 63.5 Å². The van der Waals surface area contributed by atoms with Crippen LogP contribution in [0.1, 0.15) is 40.4 Å². The zero-order valence-corrected chi connectivity index (χ0v) is 22.7. The summed E-state index contributed by atoms with van der Waals surface area (Å²) in [6.07, 6.45) is 2.86. The van der Waals surface area contributed by atoms with Crippen LogP contribution in [0, 0.1) is 5.92 Å². The number of carbonyl (C=O) groups excluding carboxylic acids is 2. The van der Waals surface area contributed by atoms with Crippen LogP contribution >= 0.6 is 23.2 Å². The van der Waals surface area contributed by atoms with Gasteiger partial charge in [-0.2, -0.15) is 0 Å². The van der Waals surface area contributed by atoms with Crippen LogP contribution in [-0.2, 0) is 11.2 Å². The maximum absolute atomic E-state index is 13.2. The molecule has 5 rings (SSSR count). The lowest BCUT2D eigenvalue weighted by atomic mass is 9.97. The van der Waals surface area contributed by atoms with Gasteiger partial charge >= 0.3 is 12.0 Å². The lowest BCUT2D eigenvalue weighted by Gasteiger charge is -2.18. The van der Waals surface area contributed by atoms with Crippen LogP contribution in [0.15, 0.2) is 66.9 Å². The number of halogens is 2. The summed E-state index contributed by atoms with van der Waals surface area (Å²) < 4.78 is 0. The Labute approximate surface area is 239 Å². The average Bonchev–Trinajstić information content (AvgIpc) is 3.35. The van der Waals surface area contributed by atoms with Gasteiger partial charge in [-0.05, 0) is 42.2 Å². The molecule has 1 aliphatic rings. The van der Waals surface area contributed by atoms with Gasteiger partial charge in [-0.1, -0.05) is 65.7 Å². The van der Waals surface area contributed by atoms with Crippen molar-refractivity contribution in [2.45, 2.75) is 25.3 Å². The summed E-state index contributed by atoms with van der Waals surface area (Å²) in [5.41, 5.74) is 3.27. The second-order valence-electron chi connectivity index (χ2n) is 9.47. The Morgan fingerprint density at radius 2 is 1.80 bits per heavy atom. The molecule has 4 N–H and O–H groups in total. The molecule has 11 heteroatoms. The first-order valence-corrected chi connectivity index (χ1v) is 13.4. The molecule has 1 heterocycles. The van der Waals surface area contributed by atoms with Gasteiger partial charge in [0.1, 0.15) is 0 Å². The zero-order valence-electron chi connectivity index (χ0n) is 21.2. The predicted octanol–water partition coefficient (Wildman–Crippen LogP) is 5.94. The number of benzene rings is 3. The molecule has 2 unspecified atom stereocenters. The Morgan fingerprint density at radius 3 is 2.62 bits per heavy atom. The van der Waals surface area contributed by atoms with E-state index in [-0.39, 0.29) is 34.1 Å². The van der Waals surface area contributed by atoms with Crippen molar-refractivity contribution < 1.29 is 19.5 Å². The number of Topliss-reactive ketones (excluding diaryl/α,β-unsaturated/α-hetero) is 1. The number of carboxylic acid groups (broad SMARTS) is 1. The molecule has 2 amide bonds. The molecule has 0 radical (unpaired) electrons. The van der Waals surface area contributed by atoms with E-state index in [2.05, 4.69) is 25.9 Å². The van der Waals surface area contributed by atoms with Gasteiger partial charge in [0, 0.05) is 24.5 Å². The molecular weight excluding hydrogens is 553 g/mol. The number of aliphatic carboxylic acids is 1. The minimum atomic E-state index is -1.23. The van der Waals surface area contributed by atoms with Gasteiger partial charge in [-0.15, -0.1) is 0 Å². The number of para-hydroxylation sites is 1. The second-order valence-corrected chi connectivity index (χ2v) is 10.3. The molecule has 0 saturated carbocycles. The maximum Gasteiger partial charge on any atom is 0.315 e. The molecule has 0 aliphatic heterocycles. The van der Waals surface area contributed by atoms with Crippen LogP contribution in [0.5, 0.6) is 0 Å². The number of urea groups is 1. The Balaban J connectivity index is 1.25. The van der Waals surface area contributed by atoms with Gasteiger partial charge < -0.3 is 21.1 Å². The number of anilines is 2. The van der Waals surface area contributed by atoms with Gasteiger partial charge in [0.2, 0.25) is 5.95 Å². The molecule has 204 valence electrons. The van der Waals surface area contributed by atoms with E-state index in [1.807, 2.05) is 48.5 Å². The first kappa shape index (κ1) is 27.4. The molecule has 40 heavy (non-hydrogen) atoms. The van der Waals surface area contributed by atoms with E-state index in [0.717, 1.165) is 29.3 Å². The van der Waals surface area contributed by atoms with Gasteiger partial charge in [0.15, 0.2) is 5.78 Å². The highest BCUT2D eigenvalue weighted by molar-refractivity contribution is 6.41. The van der Waals surface area contributed by atoms with Gasteiger partial charge in [0.05, 0.1) is 38.8 Å².